The molecule has 6 aliphatic rings. The number of ketones is 1. The van der Waals surface area contributed by atoms with Crippen LogP contribution in [0, 0.1) is 11.8 Å². The molecule has 2 amide bonds. The third kappa shape index (κ3) is 6.49. The number of rotatable bonds is 12. The summed E-state index contributed by atoms with van der Waals surface area (Å²) >= 11 is 0. The van der Waals surface area contributed by atoms with Gasteiger partial charge < -0.3 is 20.2 Å². The van der Waals surface area contributed by atoms with Crippen molar-refractivity contribution in [1.29, 1.82) is 0 Å². The highest BCUT2D eigenvalue weighted by Crippen LogP contribution is 2.50. The van der Waals surface area contributed by atoms with Gasteiger partial charge in [-0.2, -0.15) is 0 Å². The smallest absolute Gasteiger partial charge is 0.249 e. The molecule has 52 heavy (non-hydrogen) atoms. The number of hydrogen-bond acceptors (Lipinski definition) is 6. The lowest BCUT2D eigenvalue weighted by Gasteiger charge is -2.42. The summed E-state index contributed by atoms with van der Waals surface area (Å²) in [4.78, 5) is 52.2. The molecule has 2 N–H and O–H groups in total. The third-order valence-electron chi connectivity index (χ3n) is 12.5. The van der Waals surface area contributed by atoms with E-state index in [1.165, 1.54) is 22.5 Å². The number of Topliss-reactive ketones (excluding diaryl/α,β-unsaturated/α-hetero) is 1. The largest absolute Gasteiger partial charge is 0.506 e. The number of hydrogen-bond donors (Lipinski definition) is 2. The molecule has 8 heteroatoms. The molecule has 0 saturated carbocycles. The number of nitrogens with zero attached hydrogens (tertiary/aromatic N) is 3. The molecule has 4 heterocycles. The van der Waals surface area contributed by atoms with E-state index in [4.69, 9.17) is 4.99 Å². The average Bonchev–Trinajstić information content (AvgIpc) is 3.15. The average molecular weight is 707 g/mol. The van der Waals surface area contributed by atoms with E-state index in [2.05, 4.69) is 42.0 Å². The summed E-state index contributed by atoms with van der Waals surface area (Å²) in [5.41, 5.74) is 9.90. The second kappa shape index (κ2) is 15.6. The zero-order valence-electron chi connectivity index (χ0n) is 32.0. The summed E-state index contributed by atoms with van der Waals surface area (Å²) in [6, 6.07) is 2.07. The number of allylic oxidation sites excluding steroid dienone is 6. The van der Waals surface area contributed by atoms with Gasteiger partial charge in [-0.3, -0.25) is 14.4 Å². The van der Waals surface area contributed by atoms with E-state index in [1.54, 1.807) is 0 Å². The van der Waals surface area contributed by atoms with Crippen LogP contribution in [0.1, 0.15) is 134 Å². The Labute approximate surface area is 310 Å². The maximum Gasteiger partial charge on any atom is 0.249 e. The summed E-state index contributed by atoms with van der Waals surface area (Å²) in [6.07, 6.45) is 16.6. The summed E-state index contributed by atoms with van der Waals surface area (Å²) in [5.74, 6) is -0.709. The molecule has 0 bridgehead atoms. The number of carbonyl (C=O) groups excluding carboxylic acids is 3. The van der Waals surface area contributed by atoms with E-state index in [-0.39, 0.29) is 46.3 Å². The monoisotopic (exact) mass is 706 g/mol. The molecule has 2 aliphatic carbocycles. The number of aliphatic hydroxyl groups is 1. The lowest BCUT2D eigenvalue weighted by molar-refractivity contribution is -0.122. The molecule has 0 spiro atoms. The Kier molecular flexibility index (Phi) is 10.9. The van der Waals surface area contributed by atoms with Crippen LogP contribution in [-0.4, -0.2) is 59.5 Å². The molecule has 1 aromatic rings. The van der Waals surface area contributed by atoms with Gasteiger partial charge in [0.05, 0.1) is 22.5 Å². The summed E-state index contributed by atoms with van der Waals surface area (Å²) < 4.78 is 0. The first-order valence-electron chi connectivity index (χ1n) is 20.6. The van der Waals surface area contributed by atoms with E-state index >= 15 is 0 Å². The highest BCUT2D eigenvalue weighted by Gasteiger charge is 2.44. The minimum Gasteiger partial charge on any atom is -0.506 e. The summed E-state index contributed by atoms with van der Waals surface area (Å²) in [5, 5.41) is 15.5. The van der Waals surface area contributed by atoms with Crippen molar-refractivity contribution in [1.82, 2.24) is 4.90 Å². The summed E-state index contributed by atoms with van der Waals surface area (Å²) in [7, 11) is 0. The molecule has 1 saturated heterocycles. The Hall–Kier alpha value is -3.94. The molecular formula is C44H58N4O4. The van der Waals surface area contributed by atoms with Crippen LogP contribution in [0.15, 0.2) is 50.9 Å². The fourth-order valence-electron chi connectivity index (χ4n) is 9.61. The van der Waals surface area contributed by atoms with E-state index in [1.807, 2.05) is 13.0 Å². The van der Waals surface area contributed by atoms with Crippen molar-refractivity contribution < 1.29 is 19.5 Å². The number of aryl methyl sites for hydroxylation is 1. The number of anilines is 2. The first-order valence-corrected chi connectivity index (χ1v) is 20.6. The highest BCUT2D eigenvalue weighted by molar-refractivity contribution is 6.42. The molecule has 7 rings (SSSR count). The van der Waals surface area contributed by atoms with Gasteiger partial charge in [-0.05, 0) is 106 Å². The van der Waals surface area contributed by atoms with Crippen LogP contribution in [0.2, 0.25) is 0 Å². The second-order valence-corrected chi connectivity index (χ2v) is 15.8. The zero-order chi connectivity index (χ0) is 36.5. The van der Waals surface area contributed by atoms with Gasteiger partial charge in [-0.1, -0.05) is 53.4 Å². The van der Waals surface area contributed by atoms with E-state index in [9.17, 15) is 19.5 Å². The van der Waals surface area contributed by atoms with Gasteiger partial charge >= 0.3 is 0 Å². The van der Waals surface area contributed by atoms with Gasteiger partial charge in [0.2, 0.25) is 17.6 Å². The Morgan fingerprint density at radius 3 is 2.19 bits per heavy atom. The molecule has 278 valence electrons. The number of carbonyl (C=O) groups is 3. The van der Waals surface area contributed by atoms with Gasteiger partial charge in [-0.25, -0.2) is 4.99 Å². The SMILES string of the molecule is CCCCC(CC)C(=O)N=C1C2=C3C(=C/C1=C1\C(=O)C(c4cc5c6c(c4NC(=O)C(CC)CCCC)CCCN6CCC5)=C1O)CCCN3CCC2. The number of piperidine rings is 1. The number of nitrogens with one attached hydrogen (secondary N) is 1. The van der Waals surface area contributed by atoms with Crippen LogP contribution in [-0.2, 0) is 27.2 Å². The van der Waals surface area contributed by atoms with Crippen molar-refractivity contribution in [3.8, 4) is 0 Å². The lowest BCUT2D eigenvalue weighted by Crippen LogP contribution is -2.39. The van der Waals surface area contributed by atoms with Gasteiger partial charge in [0.1, 0.15) is 5.76 Å². The molecule has 0 radical (unpaired) electrons. The predicted molar refractivity (Wildman–Crippen MR) is 210 cm³/mol. The number of amides is 2. The predicted octanol–water partition coefficient (Wildman–Crippen LogP) is 8.96. The molecule has 8 nitrogen and oxygen atoms in total. The third-order valence-corrected chi connectivity index (χ3v) is 12.5. The van der Waals surface area contributed by atoms with Gasteiger partial charge in [0, 0.05) is 66.1 Å². The number of benzene rings is 1. The molecule has 1 aromatic carbocycles. The Morgan fingerprint density at radius 2 is 1.50 bits per heavy atom. The van der Waals surface area contributed by atoms with Crippen molar-refractivity contribution in [2.45, 2.75) is 130 Å². The van der Waals surface area contributed by atoms with Crippen molar-refractivity contribution in [3.63, 3.8) is 0 Å². The standard InChI is InChI=1S/C44H58N4O4/c1-5-9-15-27(7-3)43(51)45-37-31-19-13-23-47-21-11-17-29(39(31)47)25-33(37)35-41(49)36(42(35)50)34-26-30-18-12-22-48-24-14-20-32(40(30)48)38(34)46-44(52)28(8-4)16-10-6-2/h25-28,49H,5-24H2,1-4H3,(H,45,51)/b36-34+,46-38?. The maximum atomic E-state index is 14.7. The number of aliphatic hydroxyl groups excluding tert-OH is 1. The Balaban J connectivity index is 1.37. The van der Waals surface area contributed by atoms with E-state index < -0.39 is 0 Å². The van der Waals surface area contributed by atoms with E-state index in [0.29, 0.717) is 22.5 Å². The quantitative estimate of drug-likeness (QED) is 0.211. The number of unbranched alkanes of at least 4 members (excludes halogenated alkanes) is 2. The van der Waals surface area contributed by atoms with E-state index in [0.717, 1.165) is 140 Å². The Bertz CT molecular complexity index is 1810. The van der Waals surface area contributed by atoms with Crippen LogP contribution in [0.4, 0.5) is 11.4 Å². The number of aliphatic imine (C=N–C) groups is 1. The van der Waals surface area contributed by atoms with Crippen molar-refractivity contribution in [3.05, 3.63) is 62.6 Å². The summed E-state index contributed by atoms with van der Waals surface area (Å²) in [6.45, 7) is 12.3. The topological polar surface area (TPSA) is 102 Å². The molecule has 4 aliphatic heterocycles. The van der Waals surface area contributed by atoms with Crippen molar-refractivity contribution >= 4 is 40.3 Å². The minimum atomic E-state index is -0.237. The fourth-order valence-corrected chi connectivity index (χ4v) is 9.61. The van der Waals surface area contributed by atoms with Crippen molar-refractivity contribution in [2.24, 2.45) is 16.8 Å². The normalized spacial score (nSPS) is 22.9. The zero-order valence-corrected chi connectivity index (χ0v) is 32.0. The molecule has 2 unspecified atom stereocenters. The first kappa shape index (κ1) is 36.4. The van der Waals surface area contributed by atoms with Crippen LogP contribution >= 0.6 is 0 Å². The second-order valence-electron chi connectivity index (χ2n) is 15.8. The van der Waals surface area contributed by atoms with Gasteiger partial charge in [0.15, 0.2) is 0 Å². The minimum absolute atomic E-state index is 0.0103. The molecular weight excluding hydrogens is 649 g/mol. The van der Waals surface area contributed by atoms with Gasteiger partial charge in [0.25, 0.3) is 0 Å². The first-order chi connectivity index (χ1) is 25.3. The molecule has 1 fully saturated rings. The van der Waals surface area contributed by atoms with Crippen molar-refractivity contribution in [2.75, 3.05) is 36.4 Å². The van der Waals surface area contributed by atoms with Crippen LogP contribution in [0.3, 0.4) is 0 Å². The van der Waals surface area contributed by atoms with Crippen LogP contribution in [0.25, 0.3) is 5.57 Å². The van der Waals surface area contributed by atoms with Crippen LogP contribution in [0.5, 0.6) is 0 Å². The molecule has 2 atom stereocenters. The molecule has 0 aromatic heterocycles. The lowest BCUT2D eigenvalue weighted by atomic mass is 9.73. The van der Waals surface area contributed by atoms with Gasteiger partial charge in [-0.15, -0.1) is 0 Å². The maximum absolute atomic E-state index is 14.7. The van der Waals surface area contributed by atoms with Crippen LogP contribution < -0.4 is 10.2 Å². The highest BCUT2D eigenvalue weighted by atomic mass is 16.3. The fraction of sp³-hybridized carbons (Fsp3) is 0.591. The Morgan fingerprint density at radius 1 is 0.846 bits per heavy atom.